The van der Waals surface area contributed by atoms with Crippen LogP contribution in [-0.4, -0.2) is 61.1 Å². The van der Waals surface area contributed by atoms with Crippen LogP contribution in [-0.2, 0) is 14.3 Å². The summed E-state index contributed by atoms with van der Waals surface area (Å²) in [7, 11) is 1.60. The minimum Gasteiger partial charge on any atom is -0.384 e. The Balaban J connectivity index is 1.60. The number of methoxy groups -OCH3 is 1. The second-order valence-corrected chi connectivity index (χ2v) is 9.06. The number of pyridine rings is 1. The molecule has 1 aromatic carbocycles. The normalized spacial score (nSPS) is 17.9. The van der Waals surface area contributed by atoms with E-state index in [1.54, 1.807) is 7.11 Å². The molecule has 2 aromatic rings. The van der Waals surface area contributed by atoms with Gasteiger partial charge in [-0.25, -0.2) is 4.98 Å². The average Bonchev–Trinajstić information content (AvgIpc) is 3.67. The van der Waals surface area contributed by atoms with E-state index < -0.39 is 0 Å². The molecule has 4 rings (SSSR count). The van der Waals surface area contributed by atoms with Crippen molar-refractivity contribution in [3.63, 3.8) is 0 Å². The Bertz CT molecular complexity index is 1100. The van der Waals surface area contributed by atoms with Crippen LogP contribution in [0.3, 0.4) is 0 Å². The fraction of sp³-hybridized carbons (Fsp3) is 0.462. The molecule has 1 saturated heterocycles. The first-order valence-corrected chi connectivity index (χ1v) is 11.8. The van der Waals surface area contributed by atoms with Crippen molar-refractivity contribution in [2.24, 2.45) is 0 Å². The van der Waals surface area contributed by atoms with Gasteiger partial charge in [0.05, 0.1) is 24.3 Å². The molecule has 2 aliphatic rings. The molecule has 1 aromatic heterocycles. The number of rotatable bonds is 7. The predicted octanol–water partition coefficient (Wildman–Crippen LogP) is 3.53. The Morgan fingerprint density at radius 3 is 2.56 bits per heavy atom. The summed E-state index contributed by atoms with van der Waals surface area (Å²) in [4.78, 5) is 32.9. The highest BCUT2D eigenvalue weighted by Gasteiger charge is 2.33. The number of amides is 2. The number of nitrogens with zero attached hydrogens (tertiary/aromatic N) is 4. The van der Waals surface area contributed by atoms with Gasteiger partial charge in [-0.15, -0.1) is 0 Å². The lowest BCUT2D eigenvalue weighted by atomic mass is 9.98. The van der Waals surface area contributed by atoms with Gasteiger partial charge in [0.2, 0.25) is 11.8 Å². The third-order valence-corrected chi connectivity index (χ3v) is 6.40. The Hall–Kier alpha value is -3.44. The lowest BCUT2D eigenvalue weighted by Gasteiger charge is -2.41. The van der Waals surface area contributed by atoms with E-state index in [1.807, 2.05) is 42.2 Å². The number of ether oxygens (including phenoxy) is 1. The van der Waals surface area contributed by atoms with Crippen molar-refractivity contribution in [3.05, 3.63) is 41.6 Å². The van der Waals surface area contributed by atoms with Gasteiger partial charge in [0.15, 0.2) is 0 Å². The molecule has 8 heteroatoms. The first kappa shape index (κ1) is 23.7. The van der Waals surface area contributed by atoms with Crippen LogP contribution in [0.25, 0.3) is 11.1 Å². The summed E-state index contributed by atoms with van der Waals surface area (Å²) < 4.78 is 5.05. The number of anilines is 2. The van der Waals surface area contributed by atoms with E-state index in [2.05, 4.69) is 16.3 Å². The van der Waals surface area contributed by atoms with Gasteiger partial charge in [0, 0.05) is 56.9 Å². The summed E-state index contributed by atoms with van der Waals surface area (Å²) >= 11 is 0. The molecule has 1 N–H and O–H groups in total. The van der Waals surface area contributed by atoms with Gasteiger partial charge in [-0.1, -0.05) is 12.1 Å². The van der Waals surface area contributed by atoms with E-state index in [1.165, 1.54) is 6.92 Å². The zero-order valence-electron chi connectivity index (χ0n) is 20.0. The molecule has 1 aliphatic carbocycles. The van der Waals surface area contributed by atoms with Crippen molar-refractivity contribution < 1.29 is 14.3 Å². The number of benzene rings is 1. The minimum atomic E-state index is -0.112. The number of nitrogens with one attached hydrogen (secondary N) is 1. The number of aromatic nitrogens is 1. The number of carbonyl (C=O) groups is 2. The van der Waals surface area contributed by atoms with Crippen molar-refractivity contribution >= 4 is 23.3 Å². The maximum atomic E-state index is 12.5. The van der Waals surface area contributed by atoms with Crippen molar-refractivity contribution in [2.45, 2.75) is 45.1 Å². The second-order valence-electron chi connectivity index (χ2n) is 9.06. The fourth-order valence-corrected chi connectivity index (χ4v) is 4.53. The molecule has 2 amide bonds. The summed E-state index contributed by atoms with van der Waals surface area (Å²) in [6.07, 6.45) is 2.56. The predicted molar refractivity (Wildman–Crippen MR) is 131 cm³/mol. The molecule has 0 spiro atoms. The van der Waals surface area contributed by atoms with Gasteiger partial charge in [0.25, 0.3) is 0 Å². The van der Waals surface area contributed by atoms with Crippen LogP contribution >= 0.6 is 0 Å². The summed E-state index contributed by atoms with van der Waals surface area (Å²) in [5.74, 6) is 1.09. The number of nitriles is 1. The van der Waals surface area contributed by atoms with Crippen molar-refractivity contribution in [1.29, 1.82) is 5.26 Å². The monoisotopic (exact) mass is 461 g/mol. The number of hydrogen-bond donors (Lipinski definition) is 1. The molecular weight excluding hydrogens is 430 g/mol. The van der Waals surface area contributed by atoms with Crippen LogP contribution in [0, 0.1) is 11.3 Å². The lowest BCUT2D eigenvalue weighted by Crippen LogP contribution is -2.54. The summed E-state index contributed by atoms with van der Waals surface area (Å²) in [6.45, 7) is 5.81. The van der Waals surface area contributed by atoms with Crippen LogP contribution in [0.1, 0.15) is 50.3 Å². The molecular formula is C26H31N5O3. The van der Waals surface area contributed by atoms with Crippen molar-refractivity contribution in [3.8, 4) is 17.2 Å². The van der Waals surface area contributed by atoms with Crippen molar-refractivity contribution in [2.75, 3.05) is 43.6 Å². The highest BCUT2D eigenvalue weighted by Crippen LogP contribution is 2.45. The fourth-order valence-electron chi connectivity index (χ4n) is 4.53. The molecule has 178 valence electrons. The molecule has 0 radical (unpaired) electrons. The maximum absolute atomic E-state index is 12.5. The number of hydrogen-bond acceptors (Lipinski definition) is 6. The first-order chi connectivity index (χ1) is 16.4. The standard InChI is InChI=1S/C26H31N5O3/c1-17-16-30(11-12-31(17)24(33)10-13-34-3)26-21(15-27)14-23(25(29-26)20-4-5-20)19-6-8-22(9-7-19)28-18(2)32/h6-9,14,17,20H,4-5,10-13,16H2,1-3H3,(H,28,32)/t17-/m1/s1. The zero-order valence-corrected chi connectivity index (χ0v) is 20.0. The summed E-state index contributed by atoms with van der Waals surface area (Å²) in [5, 5.41) is 12.8. The van der Waals surface area contributed by atoms with Gasteiger partial charge in [0.1, 0.15) is 11.9 Å². The van der Waals surface area contributed by atoms with E-state index in [-0.39, 0.29) is 17.9 Å². The maximum Gasteiger partial charge on any atom is 0.225 e. The zero-order chi connectivity index (χ0) is 24.2. The number of carbonyl (C=O) groups excluding carboxylic acids is 2. The molecule has 8 nitrogen and oxygen atoms in total. The third-order valence-electron chi connectivity index (χ3n) is 6.40. The minimum absolute atomic E-state index is 0.0248. The van der Waals surface area contributed by atoms with Crippen molar-refractivity contribution in [1.82, 2.24) is 9.88 Å². The molecule has 0 unspecified atom stereocenters. The highest BCUT2D eigenvalue weighted by molar-refractivity contribution is 5.89. The summed E-state index contributed by atoms with van der Waals surface area (Å²) in [6, 6.07) is 12.0. The van der Waals surface area contributed by atoms with Crippen LogP contribution in [0.5, 0.6) is 0 Å². The van der Waals surface area contributed by atoms with Gasteiger partial charge >= 0.3 is 0 Å². The second kappa shape index (κ2) is 10.2. The SMILES string of the molecule is COCCC(=O)N1CCN(c2nc(C3CC3)c(-c3ccc(NC(C)=O)cc3)cc2C#N)C[C@H]1C. The van der Waals surface area contributed by atoms with E-state index in [0.29, 0.717) is 50.0 Å². The quantitative estimate of drug-likeness (QED) is 0.677. The molecule has 1 atom stereocenters. The lowest BCUT2D eigenvalue weighted by molar-refractivity contribution is -0.134. The topological polar surface area (TPSA) is 98.6 Å². The Morgan fingerprint density at radius 1 is 1.24 bits per heavy atom. The van der Waals surface area contributed by atoms with Gasteiger partial charge < -0.3 is 19.9 Å². The van der Waals surface area contributed by atoms with E-state index in [4.69, 9.17) is 9.72 Å². The molecule has 2 fully saturated rings. The largest absolute Gasteiger partial charge is 0.384 e. The van der Waals surface area contributed by atoms with Crippen LogP contribution in [0.15, 0.2) is 30.3 Å². The highest BCUT2D eigenvalue weighted by atomic mass is 16.5. The Kier molecular flexibility index (Phi) is 7.13. The smallest absolute Gasteiger partial charge is 0.225 e. The van der Waals surface area contributed by atoms with Crippen LogP contribution in [0.4, 0.5) is 11.5 Å². The van der Waals surface area contributed by atoms with Crippen LogP contribution in [0.2, 0.25) is 0 Å². The van der Waals surface area contributed by atoms with Gasteiger partial charge in [-0.05, 0) is 43.5 Å². The Morgan fingerprint density at radius 2 is 1.97 bits per heavy atom. The number of piperazine rings is 1. The molecule has 1 saturated carbocycles. The van der Waals surface area contributed by atoms with E-state index >= 15 is 0 Å². The van der Waals surface area contributed by atoms with E-state index in [0.717, 1.165) is 35.3 Å². The summed E-state index contributed by atoms with van der Waals surface area (Å²) in [5.41, 5.74) is 4.25. The van der Waals surface area contributed by atoms with Gasteiger partial charge in [-0.3, -0.25) is 9.59 Å². The molecule has 2 heterocycles. The molecule has 1 aliphatic heterocycles. The van der Waals surface area contributed by atoms with Gasteiger partial charge in [-0.2, -0.15) is 5.26 Å². The average molecular weight is 462 g/mol. The third kappa shape index (κ3) is 5.20. The molecule has 34 heavy (non-hydrogen) atoms. The molecule has 0 bridgehead atoms. The first-order valence-electron chi connectivity index (χ1n) is 11.8. The van der Waals surface area contributed by atoms with E-state index in [9.17, 15) is 14.9 Å². The Labute approximate surface area is 200 Å². The van der Waals surface area contributed by atoms with Crippen LogP contribution < -0.4 is 10.2 Å².